The molecule has 0 saturated carbocycles. The Morgan fingerprint density at radius 2 is 2.33 bits per heavy atom. The summed E-state index contributed by atoms with van der Waals surface area (Å²) in [5.74, 6) is 0. The first kappa shape index (κ1) is 6.92. The summed E-state index contributed by atoms with van der Waals surface area (Å²) < 4.78 is 16.7. The van der Waals surface area contributed by atoms with Crippen molar-refractivity contribution in [3.63, 3.8) is 0 Å². The van der Waals surface area contributed by atoms with Gasteiger partial charge in [-0.05, 0) is 0 Å². The first-order chi connectivity index (χ1) is 4.25. The van der Waals surface area contributed by atoms with Gasteiger partial charge in [0.15, 0.2) is 6.17 Å². The highest BCUT2D eigenvalue weighted by atomic mass is 19.1. The van der Waals surface area contributed by atoms with Gasteiger partial charge in [0.05, 0.1) is 6.61 Å². The third-order valence-electron chi connectivity index (χ3n) is 1.27. The largest absolute Gasteiger partial charge is 0.394 e. The number of hydrogen-bond acceptors (Lipinski definition) is 3. The highest BCUT2D eigenvalue weighted by molar-refractivity contribution is 4.89. The van der Waals surface area contributed by atoms with Crippen molar-refractivity contribution in [3.05, 3.63) is 6.61 Å². The van der Waals surface area contributed by atoms with Crippen LogP contribution >= 0.6 is 0 Å². The van der Waals surface area contributed by atoms with Gasteiger partial charge in [-0.15, -0.1) is 0 Å². The van der Waals surface area contributed by atoms with Crippen LogP contribution in [-0.2, 0) is 4.74 Å². The molecule has 0 amide bonds. The summed E-state index contributed by atoms with van der Waals surface area (Å²) in [5, 5.41) is 17.1. The highest BCUT2D eigenvalue weighted by Crippen LogP contribution is 2.19. The summed E-state index contributed by atoms with van der Waals surface area (Å²) in [4.78, 5) is 0. The van der Waals surface area contributed by atoms with Crippen LogP contribution < -0.4 is 0 Å². The topological polar surface area (TPSA) is 49.7 Å². The smallest absolute Gasteiger partial charge is 0.157 e. The molecule has 3 nitrogen and oxygen atoms in total. The zero-order valence-electron chi connectivity index (χ0n) is 4.70. The lowest BCUT2D eigenvalue weighted by atomic mass is 10.2. The predicted octanol–water partition coefficient (Wildman–Crippen LogP) is -0.762. The Bertz CT molecular complexity index is 98.2. The molecule has 1 aliphatic heterocycles. The lowest BCUT2D eigenvalue weighted by molar-refractivity contribution is 0.00800. The van der Waals surface area contributed by atoms with E-state index in [1.807, 2.05) is 0 Å². The van der Waals surface area contributed by atoms with E-state index >= 15 is 0 Å². The highest BCUT2D eigenvalue weighted by Gasteiger charge is 2.35. The van der Waals surface area contributed by atoms with E-state index in [-0.39, 0.29) is 6.61 Å². The molecule has 1 heterocycles. The Kier molecular flexibility index (Phi) is 2.00. The molecule has 0 aliphatic carbocycles. The average Bonchev–Trinajstić information content (AvgIpc) is 2.15. The van der Waals surface area contributed by atoms with Crippen LogP contribution in [0.1, 0.15) is 0 Å². The van der Waals surface area contributed by atoms with Crippen molar-refractivity contribution in [1.29, 1.82) is 0 Å². The van der Waals surface area contributed by atoms with Crippen LogP contribution in [0.4, 0.5) is 4.39 Å². The standard InChI is InChI=1S/C5H8FO3/c6-3-2-9-4(1-7)5(3)8/h2-5,7-8H,1H2/t3-,4-,5+/m1/s1. The van der Waals surface area contributed by atoms with Crippen molar-refractivity contribution in [2.24, 2.45) is 0 Å². The van der Waals surface area contributed by atoms with Crippen molar-refractivity contribution in [2.75, 3.05) is 6.61 Å². The molecular formula is C5H8FO3. The number of rotatable bonds is 1. The fraction of sp³-hybridized carbons (Fsp3) is 0.800. The van der Waals surface area contributed by atoms with Crippen LogP contribution in [0, 0.1) is 6.61 Å². The number of ether oxygens (including phenoxy) is 1. The third-order valence-corrected chi connectivity index (χ3v) is 1.27. The number of hydrogen-bond donors (Lipinski definition) is 2. The quantitative estimate of drug-likeness (QED) is 0.496. The van der Waals surface area contributed by atoms with Crippen molar-refractivity contribution >= 4 is 0 Å². The van der Waals surface area contributed by atoms with Gasteiger partial charge in [0.2, 0.25) is 0 Å². The van der Waals surface area contributed by atoms with Gasteiger partial charge in [-0.2, -0.15) is 0 Å². The zero-order chi connectivity index (χ0) is 6.85. The molecule has 0 aromatic rings. The minimum absolute atomic E-state index is 0.349. The normalized spacial score (nSPS) is 43.7. The molecule has 1 rings (SSSR count). The van der Waals surface area contributed by atoms with E-state index in [1.54, 1.807) is 0 Å². The first-order valence-corrected chi connectivity index (χ1v) is 2.67. The molecule has 2 N–H and O–H groups in total. The number of alkyl halides is 1. The van der Waals surface area contributed by atoms with Gasteiger partial charge < -0.3 is 14.9 Å². The SMILES string of the molecule is OC[C@H]1O[CH][C@@H](F)[C@@H]1O. The maximum atomic E-state index is 12.2. The van der Waals surface area contributed by atoms with Crippen LogP contribution in [-0.4, -0.2) is 35.2 Å². The van der Waals surface area contributed by atoms with Gasteiger partial charge in [-0.25, -0.2) is 4.39 Å². The van der Waals surface area contributed by atoms with Gasteiger partial charge in [-0.3, -0.25) is 0 Å². The third kappa shape index (κ3) is 1.20. The maximum absolute atomic E-state index is 12.2. The van der Waals surface area contributed by atoms with E-state index in [9.17, 15) is 4.39 Å². The summed E-state index contributed by atoms with van der Waals surface area (Å²) in [6.07, 6.45) is -3.43. The van der Waals surface area contributed by atoms with Crippen LogP contribution in [0.15, 0.2) is 0 Å². The Hall–Kier alpha value is -0.190. The van der Waals surface area contributed by atoms with Crippen molar-refractivity contribution in [3.8, 4) is 0 Å². The van der Waals surface area contributed by atoms with E-state index in [0.29, 0.717) is 0 Å². The molecule has 0 aromatic carbocycles. The minimum Gasteiger partial charge on any atom is -0.394 e. The summed E-state index contributed by atoms with van der Waals surface area (Å²) in [6, 6.07) is 0. The van der Waals surface area contributed by atoms with Crippen molar-refractivity contribution in [2.45, 2.75) is 18.4 Å². The molecule has 53 valence electrons. The molecule has 9 heavy (non-hydrogen) atoms. The molecule has 0 bridgehead atoms. The average molecular weight is 135 g/mol. The first-order valence-electron chi connectivity index (χ1n) is 2.67. The molecule has 4 heteroatoms. The fourth-order valence-corrected chi connectivity index (χ4v) is 0.693. The second kappa shape index (κ2) is 2.60. The van der Waals surface area contributed by atoms with E-state index in [2.05, 4.69) is 4.74 Å². The van der Waals surface area contributed by atoms with E-state index in [4.69, 9.17) is 10.2 Å². The predicted molar refractivity (Wildman–Crippen MR) is 27.2 cm³/mol. The van der Waals surface area contributed by atoms with Gasteiger partial charge >= 0.3 is 0 Å². The maximum Gasteiger partial charge on any atom is 0.157 e. The second-order valence-corrected chi connectivity index (χ2v) is 1.93. The summed E-state index contributed by atoms with van der Waals surface area (Å²) in [5.41, 5.74) is 0. The Balaban J connectivity index is 2.41. The Morgan fingerprint density at radius 3 is 2.56 bits per heavy atom. The molecule has 3 atom stereocenters. The Labute approximate surface area is 52.1 Å². The number of aliphatic hydroxyl groups is 2. The molecule has 1 aliphatic rings. The van der Waals surface area contributed by atoms with Gasteiger partial charge in [0, 0.05) is 0 Å². The van der Waals surface area contributed by atoms with E-state index in [0.717, 1.165) is 6.61 Å². The molecule has 1 saturated heterocycles. The minimum atomic E-state index is -1.46. The second-order valence-electron chi connectivity index (χ2n) is 1.93. The monoisotopic (exact) mass is 135 g/mol. The zero-order valence-corrected chi connectivity index (χ0v) is 4.70. The van der Waals surface area contributed by atoms with Gasteiger partial charge in [0.1, 0.15) is 18.8 Å². The van der Waals surface area contributed by atoms with Gasteiger partial charge in [0.25, 0.3) is 0 Å². The van der Waals surface area contributed by atoms with Crippen molar-refractivity contribution in [1.82, 2.24) is 0 Å². The summed E-state index contributed by atoms with van der Waals surface area (Å²) >= 11 is 0. The molecule has 0 aromatic heterocycles. The van der Waals surface area contributed by atoms with Crippen LogP contribution in [0.3, 0.4) is 0 Å². The van der Waals surface area contributed by atoms with Crippen LogP contribution in [0.25, 0.3) is 0 Å². The lowest BCUT2D eigenvalue weighted by Gasteiger charge is -2.08. The van der Waals surface area contributed by atoms with Crippen LogP contribution in [0.2, 0.25) is 0 Å². The van der Waals surface area contributed by atoms with E-state index in [1.165, 1.54) is 0 Å². The molecule has 0 spiro atoms. The van der Waals surface area contributed by atoms with Crippen LogP contribution in [0.5, 0.6) is 0 Å². The number of aliphatic hydroxyl groups excluding tert-OH is 2. The fourth-order valence-electron chi connectivity index (χ4n) is 0.693. The summed E-state index contributed by atoms with van der Waals surface area (Å²) in [7, 11) is 0. The Morgan fingerprint density at radius 1 is 1.67 bits per heavy atom. The molecule has 1 fully saturated rings. The van der Waals surface area contributed by atoms with E-state index < -0.39 is 18.4 Å². The lowest BCUT2D eigenvalue weighted by Crippen LogP contribution is -2.29. The summed E-state index contributed by atoms with van der Waals surface area (Å²) in [6.45, 7) is 0.545. The number of halogens is 1. The van der Waals surface area contributed by atoms with Crippen molar-refractivity contribution < 1.29 is 19.3 Å². The molecule has 0 unspecified atom stereocenters. The molecular weight excluding hydrogens is 127 g/mol. The molecule has 1 radical (unpaired) electrons. The van der Waals surface area contributed by atoms with Gasteiger partial charge in [-0.1, -0.05) is 0 Å².